The highest BCUT2D eigenvalue weighted by Crippen LogP contribution is 2.14. The zero-order valence-electron chi connectivity index (χ0n) is 13.1. The topological polar surface area (TPSA) is 29.9 Å². The standard InChI is InChI=1S/C17H24FN3/c1-4-6-17-15(10-19-13(2)3)11-20-21(17)12-14-7-5-8-16(18)9-14/h5,7-9,11,13,19H,4,6,10,12H2,1-3H3. The molecule has 0 atom stereocenters. The Morgan fingerprint density at radius 2 is 2.14 bits per heavy atom. The molecule has 0 saturated heterocycles. The van der Waals surface area contributed by atoms with Gasteiger partial charge in [0.05, 0.1) is 12.7 Å². The molecule has 0 aliphatic rings. The fourth-order valence-electron chi connectivity index (χ4n) is 2.38. The second kappa shape index (κ2) is 7.36. The first kappa shape index (κ1) is 15.7. The van der Waals surface area contributed by atoms with E-state index in [0.29, 0.717) is 12.6 Å². The maximum atomic E-state index is 13.3. The fourth-order valence-corrected chi connectivity index (χ4v) is 2.38. The molecule has 0 fully saturated rings. The zero-order valence-corrected chi connectivity index (χ0v) is 13.1. The lowest BCUT2D eigenvalue weighted by atomic mass is 10.1. The molecular formula is C17H24FN3. The average molecular weight is 289 g/mol. The van der Waals surface area contributed by atoms with Gasteiger partial charge in [0, 0.05) is 23.8 Å². The number of benzene rings is 1. The van der Waals surface area contributed by atoms with E-state index in [4.69, 9.17) is 0 Å². The largest absolute Gasteiger partial charge is 0.310 e. The van der Waals surface area contributed by atoms with Gasteiger partial charge in [0.1, 0.15) is 5.82 Å². The lowest BCUT2D eigenvalue weighted by Crippen LogP contribution is -2.22. The Morgan fingerprint density at radius 3 is 2.81 bits per heavy atom. The number of hydrogen-bond donors (Lipinski definition) is 1. The second-order valence-electron chi connectivity index (χ2n) is 5.69. The van der Waals surface area contributed by atoms with Gasteiger partial charge in [-0.25, -0.2) is 4.39 Å². The molecule has 21 heavy (non-hydrogen) atoms. The van der Waals surface area contributed by atoms with Gasteiger partial charge in [0.25, 0.3) is 0 Å². The summed E-state index contributed by atoms with van der Waals surface area (Å²) in [5.74, 6) is -0.196. The number of halogens is 1. The van der Waals surface area contributed by atoms with Crippen LogP contribution < -0.4 is 5.32 Å². The summed E-state index contributed by atoms with van der Waals surface area (Å²) in [6.45, 7) is 7.89. The molecule has 4 heteroatoms. The summed E-state index contributed by atoms with van der Waals surface area (Å²) in [6.07, 6.45) is 3.99. The maximum absolute atomic E-state index is 13.3. The van der Waals surface area contributed by atoms with E-state index in [-0.39, 0.29) is 5.82 Å². The number of hydrogen-bond acceptors (Lipinski definition) is 2. The predicted molar refractivity (Wildman–Crippen MR) is 83.7 cm³/mol. The van der Waals surface area contributed by atoms with E-state index in [1.54, 1.807) is 12.1 Å². The molecule has 0 amide bonds. The van der Waals surface area contributed by atoms with E-state index in [2.05, 4.69) is 31.2 Å². The van der Waals surface area contributed by atoms with Crippen LogP contribution in [0.5, 0.6) is 0 Å². The van der Waals surface area contributed by atoms with Gasteiger partial charge in [-0.3, -0.25) is 4.68 Å². The summed E-state index contributed by atoms with van der Waals surface area (Å²) in [7, 11) is 0. The summed E-state index contributed by atoms with van der Waals surface area (Å²) >= 11 is 0. The van der Waals surface area contributed by atoms with Gasteiger partial charge in [-0.05, 0) is 24.1 Å². The van der Waals surface area contributed by atoms with Crippen LogP contribution in [0, 0.1) is 5.82 Å². The molecule has 0 aliphatic heterocycles. The summed E-state index contributed by atoms with van der Waals surface area (Å²) in [5.41, 5.74) is 3.43. The van der Waals surface area contributed by atoms with Crippen LogP contribution >= 0.6 is 0 Å². The van der Waals surface area contributed by atoms with Gasteiger partial charge in [-0.1, -0.05) is 39.3 Å². The van der Waals surface area contributed by atoms with Crippen molar-refractivity contribution in [2.24, 2.45) is 0 Å². The van der Waals surface area contributed by atoms with Crippen molar-refractivity contribution in [3.05, 3.63) is 53.1 Å². The SMILES string of the molecule is CCCc1c(CNC(C)C)cnn1Cc1cccc(F)c1. The zero-order chi connectivity index (χ0) is 15.2. The second-order valence-corrected chi connectivity index (χ2v) is 5.69. The van der Waals surface area contributed by atoms with Crippen molar-refractivity contribution in [3.8, 4) is 0 Å². The van der Waals surface area contributed by atoms with E-state index >= 15 is 0 Å². The number of nitrogens with one attached hydrogen (secondary N) is 1. The lowest BCUT2D eigenvalue weighted by Gasteiger charge is -2.11. The third-order valence-electron chi connectivity index (χ3n) is 3.44. The van der Waals surface area contributed by atoms with E-state index in [1.165, 1.54) is 17.3 Å². The van der Waals surface area contributed by atoms with E-state index in [9.17, 15) is 4.39 Å². The van der Waals surface area contributed by atoms with Crippen LogP contribution in [0.2, 0.25) is 0 Å². The predicted octanol–water partition coefficient (Wildman–Crippen LogP) is 3.52. The minimum absolute atomic E-state index is 0.196. The van der Waals surface area contributed by atoms with E-state index < -0.39 is 0 Å². The highest BCUT2D eigenvalue weighted by Gasteiger charge is 2.11. The van der Waals surface area contributed by atoms with Crippen molar-refractivity contribution in [2.45, 2.75) is 52.7 Å². The summed E-state index contributed by atoms with van der Waals surface area (Å²) in [6, 6.07) is 7.17. The molecule has 114 valence electrons. The molecule has 0 bridgehead atoms. The summed E-state index contributed by atoms with van der Waals surface area (Å²) < 4.78 is 15.3. The molecule has 1 aromatic carbocycles. The Bertz CT molecular complexity index is 575. The highest BCUT2D eigenvalue weighted by atomic mass is 19.1. The van der Waals surface area contributed by atoms with Gasteiger partial charge >= 0.3 is 0 Å². The van der Waals surface area contributed by atoms with Crippen molar-refractivity contribution in [1.82, 2.24) is 15.1 Å². The van der Waals surface area contributed by atoms with Crippen LogP contribution in [-0.4, -0.2) is 15.8 Å². The van der Waals surface area contributed by atoms with E-state index in [1.807, 2.05) is 16.9 Å². The molecule has 2 rings (SSSR count). The third-order valence-corrected chi connectivity index (χ3v) is 3.44. The minimum Gasteiger partial charge on any atom is -0.310 e. The Balaban J connectivity index is 2.18. The first-order valence-electron chi connectivity index (χ1n) is 7.61. The quantitative estimate of drug-likeness (QED) is 0.845. The van der Waals surface area contributed by atoms with Gasteiger partial charge in [-0.2, -0.15) is 5.10 Å². The molecule has 1 N–H and O–H groups in total. The van der Waals surface area contributed by atoms with Crippen molar-refractivity contribution in [1.29, 1.82) is 0 Å². The van der Waals surface area contributed by atoms with Gasteiger partial charge in [0.15, 0.2) is 0 Å². The molecule has 3 nitrogen and oxygen atoms in total. The molecule has 0 unspecified atom stereocenters. The van der Waals surface area contributed by atoms with Crippen LogP contribution in [0.1, 0.15) is 44.0 Å². The molecule has 0 radical (unpaired) electrons. The van der Waals surface area contributed by atoms with Crippen molar-refractivity contribution in [2.75, 3.05) is 0 Å². The lowest BCUT2D eigenvalue weighted by molar-refractivity contribution is 0.579. The maximum Gasteiger partial charge on any atom is 0.123 e. The number of rotatable bonds is 7. The normalized spacial score (nSPS) is 11.3. The molecule has 2 aromatic rings. The molecule has 0 spiro atoms. The van der Waals surface area contributed by atoms with E-state index in [0.717, 1.165) is 24.9 Å². The van der Waals surface area contributed by atoms with Crippen LogP contribution in [0.4, 0.5) is 4.39 Å². The van der Waals surface area contributed by atoms with Crippen LogP contribution in [0.15, 0.2) is 30.5 Å². The van der Waals surface area contributed by atoms with Crippen molar-refractivity contribution in [3.63, 3.8) is 0 Å². The Hall–Kier alpha value is -1.68. The van der Waals surface area contributed by atoms with Crippen molar-refractivity contribution >= 4 is 0 Å². The fraction of sp³-hybridized carbons (Fsp3) is 0.471. The Morgan fingerprint density at radius 1 is 1.33 bits per heavy atom. The van der Waals surface area contributed by atoms with Crippen LogP contribution in [-0.2, 0) is 19.5 Å². The number of nitrogens with zero attached hydrogens (tertiary/aromatic N) is 2. The third kappa shape index (κ3) is 4.39. The molecule has 0 aliphatic carbocycles. The first-order valence-corrected chi connectivity index (χ1v) is 7.61. The molecular weight excluding hydrogens is 265 g/mol. The average Bonchev–Trinajstić information content (AvgIpc) is 2.80. The first-order chi connectivity index (χ1) is 10.1. The summed E-state index contributed by atoms with van der Waals surface area (Å²) in [4.78, 5) is 0. The Kier molecular flexibility index (Phi) is 5.51. The molecule has 1 aromatic heterocycles. The van der Waals surface area contributed by atoms with Gasteiger partial charge in [0.2, 0.25) is 0 Å². The number of aromatic nitrogens is 2. The highest BCUT2D eigenvalue weighted by molar-refractivity contribution is 5.21. The summed E-state index contributed by atoms with van der Waals surface area (Å²) in [5, 5.41) is 7.93. The van der Waals surface area contributed by atoms with Gasteiger partial charge in [-0.15, -0.1) is 0 Å². The minimum atomic E-state index is -0.196. The van der Waals surface area contributed by atoms with Crippen LogP contribution in [0.25, 0.3) is 0 Å². The molecule has 1 heterocycles. The molecule has 0 saturated carbocycles. The van der Waals surface area contributed by atoms with Gasteiger partial charge < -0.3 is 5.32 Å². The monoisotopic (exact) mass is 289 g/mol. The Labute approximate surface area is 126 Å². The van der Waals surface area contributed by atoms with Crippen LogP contribution in [0.3, 0.4) is 0 Å². The van der Waals surface area contributed by atoms with Crippen molar-refractivity contribution < 1.29 is 4.39 Å². The smallest absolute Gasteiger partial charge is 0.123 e.